The maximum Gasteiger partial charge on any atom is 0.337 e. The summed E-state index contributed by atoms with van der Waals surface area (Å²) in [6.07, 6.45) is 4.59. The first kappa shape index (κ1) is 20.8. The number of rotatable bonds is 5. The number of benzene rings is 2. The Bertz CT molecular complexity index is 1010. The average molecular weight is 419 g/mol. The number of amides is 2. The molecule has 4 rings (SSSR count). The van der Waals surface area contributed by atoms with Crippen molar-refractivity contribution in [1.82, 2.24) is 4.90 Å². The summed E-state index contributed by atoms with van der Waals surface area (Å²) in [5, 5.41) is 2.81. The summed E-state index contributed by atoms with van der Waals surface area (Å²) in [7, 11) is 1.32. The first-order valence-electron chi connectivity index (χ1n) is 10.5. The third kappa shape index (κ3) is 4.21. The maximum atomic E-state index is 13.3. The van der Waals surface area contributed by atoms with Crippen molar-refractivity contribution in [2.24, 2.45) is 4.99 Å². The first-order chi connectivity index (χ1) is 15.0. The summed E-state index contributed by atoms with van der Waals surface area (Å²) in [4.78, 5) is 44.2. The van der Waals surface area contributed by atoms with Gasteiger partial charge >= 0.3 is 5.97 Å². The molecule has 7 nitrogen and oxygen atoms in total. The van der Waals surface area contributed by atoms with Gasteiger partial charge in [0, 0.05) is 11.3 Å². The predicted octanol–water partition coefficient (Wildman–Crippen LogP) is 3.40. The van der Waals surface area contributed by atoms with Crippen molar-refractivity contribution in [3.8, 4) is 0 Å². The van der Waals surface area contributed by atoms with Gasteiger partial charge in [0.05, 0.1) is 12.7 Å². The van der Waals surface area contributed by atoms with E-state index in [9.17, 15) is 14.4 Å². The molecule has 1 N–H and O–H groups in total. The number of aliphatic imine (C=N–C) groups is 1. The third-order valence-corrected chi connectivity index (χ3v) is 5.86. The Labute approximate surface area is 181 Å². The van der Waals surface area contributed by atoms with E-state index in [1.54, 1.807) is 29.2 Å². The van der Waals surface area contributed by atoms with Crippen LogP contribution < -0.4 is 5.32 Å². The number of nitrogens with zero attached hydrogens (tertiary/aromatic N) is 2. The van der Waals surface area contributed by atoms with Gasteiger partial charge in [-0.15, -0.1) is 0 Å². The molecule has 0 unspecified atom stereocenters. The number of hydrogen-bond acceptors (Lipinski definition) is 5. The second-order valence-electron chi connectivity index (χ2n) is 7.88. The highest BCUT2D eigenvalue weighted by Crippen LogP contribution is 2.39. The number of methoxy groups -OCH3 is 1. The molecule has 2 aromatic rings. The lowest BCUT2D eigenvalue weighted by Gasteiger charge is -2.38. The Balaban J connectivity index is 1.51. The molecule has 31 heavy (non-hydrogen) atoms. The normalized spacial score (nSPS) is 17.4. The van der Waals surface area contributed by atoms with Crippen LogP contribution in [0.2, 0.25) is 0 Å². The smallest absolute Gasteiger partial charge is 0.337 e. The quantitative estimate of drug-likeness (QED) is 0.753. The zero-order valence-corrected chi connectivity index (χ0v) is 17.5. The number of nitrogens with one attached hydrogen (secondary N) is 1. The second-order valence-corrected chi connectivity index (χ2v) is 7.88. The van der Waals surface area contributed by atoms with Crippen LogP contribution in [0.4, 0.5) is 5.69 Å². The van der Waals surface area contributed by atoms with Gasteiger partial charge in [-0.25, -0.2) is 4.79 Å². The maximum absolute atomic E-state index is 13.3. The van der Waals surface area contributed by atoms with Gasteiger partial charge < -0.3 is 15.0 Å². The molecule has 0 atom stereocenters. The minimum atomic E-state index is -0.646. The van der Waals surface area contributed by atoms with Crippen LogP contribution in [0.3, 0.4) is 0 Å². The molecule has 2 aliphatic rings. The third-order valence-electron chi connectivity index (χ3n) is 5.86. The predicted molar refractivity (Wildman–Crippen MR) is 117 cm³/mol. The summed E-state index contributed by atoms with van der Waals surface area (Å²) in [6.45, 7) is -0.0720. The standard InChI is InChI=1S/C24H25N3O4/c1-31-23(30)18-10-12-19(13-11-18)25-20(28)16-27-22(29)21(17-8-4-2-5-9-17)26-24(27)14-6-3-7-15-24/h2,4-5,8-13H,3,6-7,14-16H2,1H3,(H,25,28). The molecule has 2 amide bonds. The van der Waals surface area contributed by atoms with E-state index in [-0.39, 0.29) is 18.4 Å². The van der Waals surface area contributed by atoms with Gasteiger partial charge in [-0.3, -0.25) is 14.6 Å². The van der Waals surface area contributed by atoms with Crippen molar-refractivity contribution in [3.05, 3.63) is 65.7 Å². The fraction of sp³-hybridized carbons (Fsp3) is 0.333. The zero-order valence-electron chi connectivity index (χ0n) is 17.5. The molecule has 0 saturated heterocycles. The first-order valence-corrected chi connectivity index (χ1v) is 10.5. The van der Waals surface area contributed by atoms with E-state index in [2.05, 4.69) is 10.1 Å². The molecule has 1 heterocycles. The molecule has 0 radical (unpaired) electrons. The molecule has 1 aliphatic carbocycles. The molecule has 2 aromatic carbocycles. The lowest BCUT2D eigenvalue weighted by atomic mass is 9.88. The number of hydrogen-bond donors (Lipinski definition) is 1. The molecular weight excluding hydrogens is 394 g/mol. The average Bonchev–Trinajstić information content (AvgIpc) is 3.06. The van der Waals surface area contributed by atoms with Gasteiger partial charge in [0.2, 0.25) is 5.91 Å². The van der Waals surface area contributed by atoms with E-state index in [0.717, 1.165) is 37.7 Å². The highest BCUT2D eigenvalue weighted by molar-refractivity contribution is 6.47. The Morgan fingerprint density at radius 3 is 2.35 bits per heavy atom. The van der Waals surface area contributed by atoms with E-state index < -0.39 is 11.6 Å². The van der Waals surface area contributed by atoms with Crippen molar-refractivity contribution in [2.45, 2.75) is 37.8 Å². The van der Waals surface area contributed by atoms with Crippen molar-refractivity contribution >= 4 is 29.2 Å². The molecule has 1 fully saturated rings. The highest BCUT2D eigenvalue weighted by Gasteiger charge is 2.48. The summed E-state index contributed by atoms with van der Waals surface area (Å²) in [6, 6.07) is 15.9. The summed E-state index contributed by atoms with van der Waals surface area (Å²) < 4.78 is 4.68. The van der Waals surface area contributed by atoms with E-state index in [4.69, 9.17) is 4.99 Å². The van der Waals surface area contributed by atoms with Gasteiger partial charge in [-0.2, -0.15) is 0 Å². The van der Waals surface area contributed by atoms with Gasteiger partial charge in [-0.05, 0) is 49.9 Å². The molecule has 160 valence electrons. The Morgan fingerprint density at radius 1 is 1.03 bits per heavy atom. The molecule has 1 saturated carbocycles. The minimum Gasteiger partial charge on any atom is -0.465 e. The van der Waals surface area contributed by atoms with E-state index in [0.29, 0.717) is 17.0 Å². The van der Waals surface area contributed by atoms with E-state index in [1.165, 1.54) is 7.11 Å². The largest absolute Gasteiger partial charge is 0.465 e. The Morgan fingerprint density at radius 2 is 1.71 bits per heavy atom. The minimum absolute atomic E-state index is 0.0720. The van der Waals surface area contributed by atoms with Gasteiger partial charge in [-0.1, -0.05) is 36.8 Å². The molecule has 7 heteroatoms. The summed E-state index contributed by atoms with van der Waals surface area (Å²) in [5.41, 5.74) is 1.51. The van der Waals surface area contributed by atoms with Crippen LogP contribution in [-0.4, -0.2) is 47.7 Å². The van der Waals surface area contributed by atoms with Crippen LogP contribution in [-0.2, 0) is 14.3 Å². The van der Waals surface area contributed by atoms with Crippen molar-refractivity contribution in [3.63, 3.8) is 0 Å². The zero-order chi connectivity index (χ0) is 21.8. The fourth-order valence-electron chi connectivity index (χ4n) is 4.29. The van der Waals surface area contributed by atoms with Gasteiger partial charge in [0.25, 0.3) is 5.91 Å². The van der Waals surface area contributed by atoms with Crippen LogP contribution in [0.1, 0.15) is 48.0 Å². The number of anilines is 1. The fourth-order valence-corrected chi connectivity index (χ4v) is 4.29. The lowest BCUT2D eigenvalue weighted by Crippen LogP contribution is -2.51. The highest BCUT2D eigenvalue weighted by atomic mass is 16.5. The van der Waals surface area contributed by atoms with Crippen LogP contribution >= 0.6 is 0 Å². The number of carbonyl (C=O) groups excluding carboxylic acids is 3. The van der Waals surface area contributed by atoms with Crippen molar-refractivity contribution in [1.29, 1.82) is 0 Å². The number of esters is 1. The topological polar surface area (TPSA) is 88.1 Å². The number of carbonyl (C=O) groups is 3. The molecular formula is C24H25N3O4. The van der Waals surface area contributed by atoms with Crippen molar-refractivity contribution in [2.75, 3.05) is 19.0 Å². The SMILES string of the molecule is COC(=O)c1ccc(NC(=O)CN2C(=O)C(c3ccccc3)=NC23CCCCC3)cc1. The lowest BCUT2D eigenvalue weighted by molar-refractivity contribution is -0.134. The molecule has 1 aliphatic heterocycles. The van der Waals surface area contributed by atoms with Gasteiger partial charge in [0.1, 0.15) is 17.9 Å². The monoisotopic (exact) mass is 419 g/mol. The molecule has 0 bridgehead atoms. The summed E-state index contributed by atoms with van der Waals surface area (Å²) in [5.74, 6) is -0.941. The number of ether oxygens (including phenoxy) is 1. The molecule has 0 aromatic heterocycles. The van der Waals surface area contributed by atoms with Crippen LogP contribution in [0.25, 0.3) is 0 Å². The molecule has 1 spiro atoms. The second kappa shape index (κ2) is 8.71. The van der Waals surface area contributed by atoms with Crippen LogP contribution in [0, 0.1) is 0 Å². The van der Waals surface area contributed by atoms with E-state index in [1.807, 2.05) is 30.3 Å². The Kier molecular flexibility index (Phi) is 5.84. The summed E-state index contributed by atoms with van der Waals surface area (Å²) >= 11 is 0. The van der Waals surface area contributed by atoms with Crippen molar-refractivity contribution < 1.29 is 19.1 Å². The Hall–Kier alpha value is -3.48. The van der Waals surface area contributed by atoms with Gasteiger partial charge in [0.15, 0.2) is 0 Å². The van der Waals surface area contributed by atoms with Crippen LogP contribution in [0.15, 0.2) is 59.6 Å². The van der Waals surface area contributed by atoms with Crippen LogP contribution in [0.5, 0.6) is 0 Å². The van der Waals surface area contributed by atoms with E-state index >= 15 is 0 Å².